The lowest BCUT2D eigenvalue weighted by molar-refractivity contribution is 0.122. The second kappa shape index (κ2) is 6.69. The summed E-state index contributed by atoms with van der Waals surface area (Å²) in [5.74, 6) is 1.11. The fourth-order valence-electron chi connectivity index (χ4n) is 3.09. The van der Waals surface area contributed by atoms with Crippen LogP contribution >= 0.6 is 0 Å². The number of aromatic nitrogens is 5. The van der Waals surface area contributed by atoms with Gasteiger partial charge in [0, 0.05) is 30.5 Å². The lowest BCUT2D eigenvalue weighted by atomic mass is 10.2. The van der Waals surface area contributed by atoms with E-state index in [9.17, 15) is 0 Å². The molecule has 4 aromatic rings. The SMILES string of the molecule is c1cc(-c2nc(Nc3ccc(N4CCOCC4)cc3)c3[nH]ncc3n2)no1. The molecule has 9 nitrogen and oxygen atoms in total. The van der Waals surface area contributed by atoms with Crippen molar-refractivity contribution < 1.29 is 9.26 Å². The summed E-state index contributed by atoms with van der Waals surface area (Å²) in [6.07, 6.45) is 3.16. The summed E-state index contributed by atoms with van der Waals surface area (Å²) in [7, 11) is 0. The maximum Gasteiger partial charge on any atom is 0.184 e. The summed E-state index contributed by atoms with van der Waals surface area (Å²) in [5, 5.41) is 14.3. The van der Waals surface area contributed by atoms with E-state index in [-0.39, 0.29) is 0 Å². The molecule has 3 aromatic heterocycles. The van der Waals surface area contributed by atoms with E-state index >= 15 is 0 Å². The van der Waals surface area contributed by atoms with Crippen LogP contribution in [0.25, 0.3) is 22.6 Å². The van der Waals surface area contributed by atoms with Gasteiger partial charge in [0.25, 0.3) is 0 Å². The molecule has 0 atom stereocenters. The van der Waals surface area contributed by atoms with E-state index < -0.39 is 0 Å². The molecule has 0 unspecified atom stereocenters. The van der Waals surface area contributed by atoms with Crippen LogP contribution in [-0.4, -0.2) is 51.6 Å². The van der Waals surface area contributed by atoms with Gasteiger partial charge in [0.05, 0.1) is 19.4 Å². The highest BCUT2D eigenvalue weighted by molar-refractivity contribution is 5.88. The van der Waals surface area contributed by atoms with Gasteiger partial charge in [0.2, 0.25) is 0 Å². The van der Waals surface area contributed by atoms with Gasteiger partial charge in [-0.15, -0.1) is 0 Å². The number of hydrogen-bond acceptors (Lipinski definition) is 8. The van der Waals surface area contributed by atoms with Gasteiger partial charge in [-0.25, -0.2) is 9.97 Å². The number of morpholine rings is 1. The summed E-state index contributed by atoms with van der Waals surface area (Å²) < 4.78 is 10.3. The van der Waals surface area contributed by atoms with Crippen LogP contribution in [0.2, 0.25) is 0 Å². The van der Waals surface area contributed by atoms with Crippen LogP contribution in [0, 0.1) is 0 Å². The summed E-state index contributed by atoms with van der Waals surface area (Å²) in [5.41, 5.74) is 4.12. The van der Waals surface area contributed by atoms with Crippen molar-refractivity contribution in [3.8, 4) is 11.5 Å². The van der Waals surface area contributed by atoms with Gasteiger partial charge in [0.15, 0.2) is 17.3 Å². The molecule has 136 valence electrons. The molecule has 4 heterocycles. The minimum atomic E-state index is 0.477. The lowest BCUT2D eigenvalue weighted by Gasteiger charge is -2.28. The number of H-pyrrole nitrogens is 1. The largest absolute Gasteiger partial charge is 0.378 e. The number of fused-ring (bicyclic) bond motifs is 1. The highest BCUT2D eigenvalue weighted by atomic mass is 16.5. The van der Waals surface area contributed by atoms with E-state index in [1.165, 1.54) is 12.0 Å². The first-order valence-electron chi connectivity index (χ1n) is 8.68. The number of rotatable bonds is 4. The van der Waals surface area contributed by atoms with Crippen LogP contribution in [-0.2, 0) is 4.74 Å². The van der Waals surface area contributed by atoms with Crippen LogP contribution in [0.5, 0.6) is 0 Å². The predicted octanol–water partition coefficient (Wildman–Crippen LogP) is 2.59. The first kappa shape index (κ1) is 15.8. The molecule has 0 bridgehead atoms. The molecule has 27 heavy (non-hydrogen) atoms. The van der Waals surface area contributed by atoms with Crippen molar-refractivity contribution in [2.45, 2.75) is 0 Å². The maximum absolute atomic E-state index is 5.41. The van der Waals surface area contributed by atoms with Crippen LogP contribution < -0.4 is 10.2 Å². The lowest BCUT2D eigenvalue weighted by Crippen LogP contribution is -2.36. The van der Waals surface area contributed by atoms with Gasteiger partial charge in [0.1, 0.15) is 17.3 Å². The topological polar surface area (TPSA) is 105 Å². The predicted molar refractivity (Wildman–Crippen MR) is 99.9 cm³/mol. The Balaban J connectivity index is 1.44. The van der Waals surface area contributed by atoms with Crippen LogP contribution in [0.4, 0.5) is 17.2 Å². The van der Waals surface area contributed by atoms with Crippen molar-refractivity contribution in [3.63, 3.8) is 0 Å². The quantitative estimate of drug-likeness (QED) is 0.570. The van der Waals surface area contributed by atoms with E-state index in [1.54, 1.807) is 12.3 Å². The van der Waals surface area contributed by atoms with Crippen LogP contribution in [0.3, 0.4) is 0 Å². The van der Waals surface area contributed by atoms with Crippen molar-refractivity contribution >= 4 is 28.2 Å². The number of ether oxygens (including phenoxy) is 1. The number of hydrogen-bond donors (Lipinski definition) is 2. The molecule has 0 amide bonds. The van der Waals surface area contributed by atoms with Gasteiger partial charge < -0.3 is 19.5 Å². The standard InChI is InChI=1S/C18H17N7O2/c1-3-13(25-6-9-26-10-7-25)4-2-12(1)20-18-16-15(11-19-23-16)21-17(22-18)14-5-8-27-24-14/h1-5,8,11H,6-7,9-10H2,(H,19,23)(H,20,21,22). The van der Waals surface area contributed by atoms with Gasteiger partial charge in [-0.1, -0.05) is 5.16 Å². The second-order valence-corrected chi connectivity index (χ2v) is 6.18. The van der Waals surface area contributed by atoms with Crippen LogP contribution in [0.15, 0.2) is 47.3 Å². The third-order valence-electron chi connectivity index (χ3n) is 4.47. The fraction of sp³-hybridized carbons (Fsp3) is 0.222. The zero-order valence-corrected chi connectivity index (χ0v) is 14.4. The van der Waals surface area contributed by atoms with E-state index in [4.69, 9.17) is 9.26 Å². The summed E-state index contributed by atoms with van der Waals surface area (Å²) in [4.78, 5) is 11.4. The Hall–Kier alpha value is -3.46. The van der Waals surface area contributed by atoms with Gasteiger partial charge in [-0.2, -0.15) is 5.10 Å². The molecule has 1 aliphatic heterocycles. The Morgan fingerprint density at radius 1 is 1.04 bits per heavy atom. The zero-order valence-electron chi connectivity index (χ0n) is 14.4. The molecule has 1 saturated heterocycles. The van der Waals surface area contributed by atoms with Crippen molar-refractivity contribution in [2.75, 3.05) is 36.5 Å². The van der Waals surface area contributed by atoms with Crippen molar-refractivity contribution in [1.82, 2.24) is 25.3 Å². The summed E-state index contributed by atoms with van der Waals surface area (Å²) in [6, 6.07) is 9.98. The number of benzene rings is 1. The first-order chi connectivity index (χ1) is 13.4. The minimum absolute atomic E-state index is 0.477. The number of aromatic amines is 1. The maximum atomic E-state index is 5.41. The van der Waals surface area contributed by atoms with E-state index in [0.717, 1.165) is 37.5 Å². The average Bonchev–Trinajstić information content (AvgIpc) is 3.41. The van der Waals surface area contributed by atoms with E-state index in [2.05, 4.69) is 47.7 Å². The Kier molecular flexibility index (Phi) is 3.91. The highest BCUT2D eigenvalue weighted by Gasteiger charge is 2.14. The Bertz CT molecular complexity index is 1040. The molecule has 1 aromatic carbocycles. The summed E-state index contributed by atoms with van der Waals surface area (Å²) >= 11 is 0. The summed E-state index contributed by atoms with van der Waals surface area (Å²) in [6.45, 7) is 3.36. The number of anilines is 3. The van der Waals surface area contributed by atoms with E-state index in [0.29, 0.717) is 22.9 Å². The number of nitrogens with zero attached hydrogens (tertiary/aromatic N) is 5. The molecular weight excluding hydrogens is 346 g/mol. The Morgan fingerprint density at radius 2 is 1.89 bits per heavy atom. The molecule has 0 saturated carbocycles. The average molecular weight is 363 g/mol. The van der Waals surface area contributed by atoms with Crippen molar-refractivity contribution in [2.24, 2.45) is 0 Å². The third-order valence-corrected chi connectivity index (χ3v) is 4.47. The van der Waals surface area contributed by atoms with Gasteiger partial charge >= 0.3 is 0 Å². The van der Waals surface area contributed by atoms with Crippen molar-refractivity contribution in [3.05, 3.63) is 42.8 Å². The van der Waals surface area contributed by atoms with E-state index in [1.807, 2.05) is 12.1 Å². The van der Waals surface area contributed by atoms with Crippen LogP contribution in [0.1, 0.15) is 0 Å². The molecule has 0 radical (unpaired) electrons. The first-order valence-corrected chi connectivity index (χ1v) is 8.68. The molecule has 1 fully saturated rings. The molecule has 2 N–H and O–H groups in total. The minimum Gasteiger partial charge on any atom is -0.378 e. The Morgan fingerprint density at radius 3 is 2.67 bits per heavy atom. The molecule has 0 aliphatic carbocycles. The van der Waals surface area contributed by atoms with Crippen molar-refractivity contribution in [1.29, 1.82) is 0 Å². The normalized spacial score (nSPS) is 14.6. The molecule has 1 aliphatic rings. The molecule has 0 spiro atoms. The molecule has 9 heteroatoms. The monoisotopic (exact) mass is 363 g/mol. The van der Waals surface area contributed by atoms with Gasteiger partial charge in [-0.3, -0.25) is 5.10 Å². The molecule has 5 rings (SSSR count). The third kappa shape index (κ3) is 3.08. The van der Waals surface area contributed by atoms with Gasteiger partial charge in [-0.05, 0) is 24.3 Å². The number of nitrogens with one attached hydrogen (secondary N) is 2. The second-order valence-electron chi connectivity index (χ2n) is 6.18. The molecular formula is C18H17N7O2. The smallest absolute Gasteiger partial charge is 0.184 e. The fourth-order valence-corrected chi connectivity index (χ4v) is 3.09. The zero-order chi connectivity index (χ0) is 18.1. The highest BCUT2D eigenvalue weighted by Crippen LogP contribution is 2.26. The Labute approximate surface area is 154 Å².